The fraction of sp³-hybridized carbons (Fsp3) is 0.371. The van der Waals surface area contributed by atoms with Gasteiger partial charge in [0.25, 0.3) is 0 Å². The number of hydrogen-bond donors (Lipinski definition) is 2. The van der Waals surface area contributed by atoms with Gasteiger partial charge in [0.1, 0.15) is 26.7 Å². The first-order valence-corrected chi connectivity index (χ1v) is 17.5. The van der Waals surface area contributed by atoms with E-state index in [1.54, 1.807) is 36.5 Å². The third kappa shape index (κ3) is 7.41. The molecule has 15 heteroatoms. The molecule has 0 spiro atoms. The minimum atomic E-state index is -1.14. The number of ether oxygens (including phenoxy) is 4. The molecule has 3 saturated heterocycles. The molecule has 1 aromatic carbocycles. The van der Waals surface area contributed by atoms with E-state index in [0.717, 1.165) is 42.0 Å². The van der Waals surface area contributed by atoms with Gasteiger partial charge in [-0.1, -0.05) is 29.3 Å². The van der Waals surface area contributed by atoms with Crippen LogP contribution in [0.3, 0.4) is 0 Å². The highest BCUT2D eigenvalue weighted by atomic mass is 35.5. The van der Waals surface area contributed by atoms with Gasteiger partial charge in [0.05, 0.1) is 27.9 Å². The molecule has 0 saturated carbocycles. The highest BCUT2D eigenvalue weighted by Gasteiger charge is 2.38. The van der Waals surface area contributed by atoms with Crippen LogP contribution in [0.5, 0.6) is 17.4 Å². The summed E-state index contributed by atoms with van der Waals surface area (Å²) in [6.45, 7) is 2.66. The summed E-state index contributed by atoms with van der Waals surface area (Å²) >= 11 is 14.2. The van der Waals surface area contributed by atoms with Crippen molar-refractivity contribution in [3.63, 3.8) is 0 Å². The molecule has 50 heavy (non-hydrogen) atoms. The lowest BCUT2D eigenvalue weighted by Gasteiger charge is -2.44. The molecule has 12 nitrogen and oxygen atoms in total. The minimum absolute atomic E-state index is 0.0110. The number of pyridine rings is 2. The fourth-order valence-corrected chi connectivity index (χ4v) is 8.42. The summed E-state index contributed by atoms with van der Waals surface area (Å²) in [6, 6.07) is 10.5. The largest absolute Gasteiger partial charge is 0.493 e. The first kappa shape index (κ1) is 35.5. The van der Waals surface area contributed by atoms with Crippen LogP contribution in [0, 0.1) is 5.92 Å². The maximum Gasteiger partial charge on any atom is 0.415 e. The predicted octanol–water partition coefficient (Wildman–Crippen LogP) is 6.31. The number of carbonyl (C=O) groups excluding carboxylic acids is 1. The van der Waals surface area contributed by atoms with E-state index in [1.807, 2.05) is 6.07 Å². The molecule has 4 aromatic rings. The molecule has 2 bridgehead atoms. The standard InChI is InChI=1S/C35H36Cl2N4O8S/c1-46-29-7-6-21(13-30(29)47-2)23(15-25-26(36)17-40(45)18-27(25)37)24-14-22(50-32(24)34(42)43)16-41(28-5-4-10-38-33(28)48-3)35(44)49-31-19-39-11-8-20(31)9-12-39/h4-7,10,13-14,17-18,20,23,31H,8-9,11-12,15-16,19H2,1-3H3,(H-,42,43,45)/p+1/t23-,31-/m0/s1. The number of aromatic nitrogens is 2. The van der Waals surface area contributed by atoms with Gasteiger partial charge >= 0.3 is 12.1 Å². The van der Waals surface area contributed by atoms with E-state index in [4.69, 9.17) is 42.1 Å². The van der Waals surface area contributed by atoms with Crippen molar-refractivity contribution in [2.24, 2.45) is 5.92 Å². The van der Waals surface area contributed by atoms with Crippen molar-refractivity contribution >= 4 is 52.3 Å². The Hall–Kier alpha value is -4.30. The number of piperidine rings is 3. The normalized spacial score (nSPS) is 18.7. The Kier molecular flexibility index (Phi) is 10.9. The number of amides is 1. The number of thiophene rings is 1. The molecule has 2 N–H and O–H groups in total. The zero-order valence-electron chi connectivity index (χ0n) is 27.7. The molecule has 7 rings (SSSR count). The highest BCUT2D eigenvalue weighted by molar-refractivity contribution is 7.14. The number of carboxylic acid groups (broad SMARTS) is 1. The minimum Gasteiger partial charge on any atom is -0.493 e. The Bertz CT molecular complexity index is 1860. The number of methoxy groups -OCH3 is 3. The second kappa shape index (κ2) is 15.3. The van der Waals surface area contributed by atoms with Crippen LogP contribution in [-0.2, 0) is 17.7 Å². The van der Waals surface area contributed by atoms with Crippen molar-refractivity contribution in [3.8, 4) is 17.4 Å². The van der Waals surface area contributed by atoms with E-state index in [0.29, 0.717) is 45.3 Å². The molecule has 2 atom stereocenters. The highest BCUT2D eigenvalue weighted by Crippen LogP contribution is 2.42. The molecule has 6 heterocycles. The van der Waals surface area contributed by atoms with Crippen molar-refractivity contribution in [2.45, 2.75) is 37.8 Å². The third-order valence-electron chi connectivity index (χ3n) is 9.29. The number of anilines is 1. The average molecular weight is 745 g/mol. The van der Waals surface area contributed by atoms with Gasteiger partial charge in [-0.05, 0) is 79.7 Å². The van der Waals surface area contributed by atoms with Gasteiger partial charge in [-0.3, -0.25) is 15.0 Å². The summed E-state index contributed by atoms with van der Waals surface area (Å²) in [5, 5.41) is 20.9. The van der Waals surface area contributed by atoms with Crippen LogP contribution >= 0.6 is 34.5 Å². The monoisotopic (exact) mass is 743 g/mol. The number of nitrogens with zero attached hydrogens (tertiary/aromatic N) is 4. The molecule has 3 aliphatic heterocycles. The number of carboxylic acids is 1. The first-order valence-electron chi connectivity index (χ1n) is 16.0. The predicted molar refractivity (Wildman–Crippen MR) is 187 cm³/mol. The van der Waals surface area contributed by atoms with Gasteiger partial charge in [0.15, 0.2) is 11.5 Å². The number of fused-ring (bicyclic) bond motifs is 3. The van der Waals surface area contributed by atoms with Crippen molar-refractivity contribution < 1.29 is 43.6 Å². The van der Waals surface area contributed by atoms with E-state index in [-0.39, 0.29) is 45.8 Å². The fourth-order valence-electron chi connectivity index (χ4n) is 6.76. The van der Waals surface area contributed by atoms with E-state index < -0.39 is 18.0 Å². The van der Waals surface area contributed by atoms with E-state index >= 15 is 0 Å². The molecule has 264 valence electrons. The molecule has 3 fully saturated rings. The molecule has 0 aliphatic carbocycles. The van der Waals surface area contributed by atoms with Gasteiger partial charge in [0, 0.05) is 33.8 Å². The zero-order valence-corrected chi connectivity index (χ0v) is 30.0. The van der Waals surface area contributed by atoms with Crippen LogP contribution in [0.2, 0.25) is 10.0 Å². The van der Waals surface area contributed by atoms with Gasteiger partial charge in [-0.25, -0.2) is 14.6 Å². The van der Waals surface area contributed by atoms with Gasteiger partial charge < -0.3 is 24.1 Å². The Balaban J connectivity index is 1.42. The Morgan fingerprint density at radius 2 is 1.78 bits per heavy atom. The topological polar surface area (TPSA) is 135 Å². The number of carbonyl (C=O) groups is 2. The smallest absolute Gasteiger partial charge is 0.415 e. The summed E-state index contributed by atoms with van der Waals surface area (Å²) in [5.41, 5.74) is 2.08. The number of halogens is 2. The van der Waals surface area contributed by atoms with Crippen LogP contribution in [-0.4, -0.2) is 79.3 Å². The van der Waals surface area contributed by atoms with Gasteiger partial charge in [-0.15, -0.1) is 11.3 Å². The number of aromatic carboxylic acids is 1. The van der Waals surface area contributed by atoms with Crippen LogP contribution in [0.25, 0.3) is 0 Å². The van der Waals surface area contributed by atoms with E-state index in [1.165, 1.54) is 38.6 Å². The Morgan fingerprint density at radius 1 is 1.06 bits per heavy atom. The van der Waals surface area contributed by atoms with Crippen LogP contribution in [0.4, 0.5) is 10.5 Å². The summed E-state index contributed by atoms with van der Waals surface area (Å²) in [7, 11) is 4.52. The van der Waals surface area contributed by atoms with E-state index in [2.05, 4.69) is 9.88 Å². The van der Waals surface area contributed by atoms with Crippen LogP contribution in [0.1, 0.15) is 50.0 Å². The lowest BCUT2D eigenvalue weighted by Crippen LogP contribution is -2.53. The molecule has 3 aliphatic rings. The second-order valence-corrected chi connectivity index (χ2v) is 14.1. The number of hydrogen-bond acceptors (Lipinski definition) is 10. The Labute approximate surface area is 303 Å². The van der Waals surface area contributed by atoms with Crippen LogP contribution in [0.15, 0.2) is 55.0 Å². The summed E-state index contributed by atoms with van der Waals surface area (Å²) < 4.78 is 23.5. The van der Waals surface area contributed by atoms with Crippen molar-refractivity contribution in [1.82, 2.24) is 9.88 Å². The molecular formula is C35H37Cl2N4O8S+. The molecule has 3 aromatic heterocycles. The summed E-state index contributed by atoms with van der Waals surface area (Å²) in [4.78, 5) is 35.6. The maximum atomic E-state index is 14.0. The molecule has 0 unspecified atom stereocenters. The van der Waals surface area contributed by atoms with Crippen molar-refractivity contribution in [1.29, 1.82) is 0 Å². The lowest BCUT2D eigenvalue weighted by molar-refractivity contribution is -0.904. The van der Waals surface area contributed by atoms with Crippen LogP contribution < -0.4 is 23.8 Å². The van der Waals surface area contributed by atoms with Gasteiger partial charge in [-0.2, -0.15) is 0 Å². The van der Waals surface area contributed by atoms with Crippen molar-refractivity contribution in [2.75, 3.05) is 45.9 Å². The molecular weight excluding hydrogens is 707 g/mol. The molecule has 1 amide bonds. The maximum absolute atomic E-state index is 14.0. The quantitative estimate of drug-likeness (QED) is 0.126. The summed E-state index contributed by atoms with van der Waals surface area (Å²) in [6.07, 6.45) is 5.47. The third-order valence-corrected chi connectivity index (χ3v) is 11.1. The van der Waals surface area contributed by atoms with Crippen molar-refractivity contribution in [3.05, 3.63) is 91.5 Å². The zero-order chi connectivity index (χ0) is 35.5. The lowest BCUT2D eigenvalue weighted by atomic mass is 9.85. The van der Waals surface area contributed by atoms with E-state index in [9.17, 15) is 19.9 Å². The number of benzene rings is 1. The average Bonchev–Trinajstić information content (AvgIpc) is 3.54. The SMILES string of the molecule is COc1ccc([C@H](Cc2c(Cl)c[n+](O)cc2Cl)c2cc(CN(C(=O)O[C@H]3CN4CCC3CC4)c3cccnc3OC)sc2C(=O)O)cc1OC. The molecule has 0 radical (unpaired) electrons. The first-order chi connectivity index (χ1) is 24.1. The van der Waals surface area contributed by atoms with Gasteiger partial charge in [0.2, 0.25) is 18.3 Å². The number of rotatable bonds is 12. The second-order valence-electron chi connectivity index (χ2n) is 12.2. The Morgan fingerprint density at radius 3 is 2.40 bits per heavy atom. The summed E-state index contributed by atoms with van der Waals surface area (Å²) in [5.74, 6) is -0.277.